The highest BCUT2D eigenvalue weighted by Gasteiger charge is 2.49. The Balaban J connectivity index is 2.04. The zero-order valence-corrected chi connectivity index (χ0v) is 16.8. The molecule has 12 heteroatoms. The fraction of sp³-hybridized carbons (Fsp3) is 0.211. The minimum atomic E-state index is -5.99. The lowest BCUT2D eigenvalue weighted by atomic mass is 10.1. The number of hydrogen-bond donors (Lipinski definition) is 1. The summed E-state index contributed by atoms with van der Waals surface area (Å²) < 4.78 is 65.9. The molecule has 0 bridgehead atoms. The lowest BCUT2D eigenvalue weighted by Crippen LogP contribution is -2.30. The molecule has 0 fully saturated rings. The van der Waals surface area contributed by atoms with Gasteiger partial charge in [0.05, 0.1) is 16.6 Å². The smallest absolute Gasteiger partial charge is 0.478 e. The van der Waals surface area contributed by atoms with Crippen molar-refractivity contribution in [3.63, 3.8) is 0 Å². The summed E-state index contributed by atoms with van der Waals surface area (Å²) in [5.74, 6) is -2.37. The number of likely N-dealkylation sites (N-methyl/N-ethyl adjacent to an activating group) is 1. The summed E-state index contributed by atoms with van der Waals surface area (Å²) in [6.45, 7) is 0.241. The van der Waals surface area contributed by atoms with Crippen LogP contribution in [0.15, 0.2) is 48.5 Å². The van der Waals surface area contributed by atoms with E-state index in [1.54, 1.807) is 0 Å². The molecule has 1 N–H and O–H groups in total. The molecule has 3 aromatic rings. The summed E-state index contributed by atoms with van der Waals surface area (Å²) >= 11 is 0. The van der Waals surface area contributed by atoms with Gasteiger partial charge in [0.2, 0.25) is 0 Å². The van der Waals surface area contributed by atoms with Gasteiger partial charge < -0.3 is 14.2 Å². The van der Waals surface area contributed by atoms with Gasteiger partial charge in [-0.2, -0.15) is 21.6 Å². The van der Waals surface area contributed by atoms with E-state index >= 15 is 0 Å². The molecule has 0 amide bonds. The number of benzene rings is 2. The molecule has 0 saturated heterocycles. The number of carbonyl (C=O) groups is 1. The number of carboxylic acids is 1. The average molecular weight is 455 g/mol. The third-order valence-corrected chi connectivity index (χ3v) is 5.22. The number of fused-ring (bicyclic) bond motifs is 1. The second kappa shape index (κ2) is 8.38. The van der Waals surface area contributed by atoms with E-state index < -0.39 is 27.5 Å². The van der Waals surface area contributed by atoms with Crippen molar-refractivity contribution in [2.45, 2.75) is 11.9 Å². The van der Waals surface area contributed by atoms with Crippen LogP contribution in [0.5, 0.6) is 5.88 Å². The SMILES string of the molecule is CN(CCc1ccccc1)c1nc2cc(C(=O)O)ccc2nc1OS(=O)(=O)C(F)(F)F. The van der Waals surface area contributed by atoms with Gasteiger partial charge in [-0.15, -0.1) is 0 Å². The Bertz CT molecular complexity index is 1220. The Morgan fingerprint density at radius 2 is 1.77 bits per heavy atom. The second-order valence-corrected chi connectivity index (χ2v) is 8.04. The van der Waals surface area contributed by atoms with Crippen molar-refractivity contribution in [1.29, 1.82) is 0 Å². The number of nitrogens with zero attached hydrogens (tertiary/aromatic N) is 3. The summed E-state index contributed by atoms with van der Waals surface area (Å²) in [4.78, 5) is 20.6. The van der Waals surface area contributed by atoms with Crippen molar-refractivity contribution in [2.75, 3.05) is 18.5 Å². The number of rotatable bonds is 7. The topological polar surface area (TPSA) is 110 Å². The fourth-order valence-corrected chi connectivity index (χ4v) is 3.08. The average Bonchev–Trinajstić information content (AvgIpc) is 2.70. The number of carboxylic acid groups (broad SMARTS) is 1. The zero-order chi connectivity index (χ0) is 22.8. The van der Waals surface area contributed by atoms with E-state index in [4.69, 9.17) is 5.11 Å². The minimum Gasteiger partial charge on any atom is -0.478 e. The lowest BCUT2D eigenvalue weighted by molar-refractivity contribution is -0.0501. The Morgan fingerprint density at radius 1 is 1.10 bits per heavy atom. The van der Waals surface area contributed by atoms with Gasteiger partial charge >= 0.3 is 21.6 Å². The summed E-state index contributed by atoms with van der Waals surface area (Å²) in [5, 5.41) is 9.14. The van der Waals surface area contributed by atoms with Crippen LogP contribution in [0.25, 0.3) is 11.0 Å². The normalized spacial score (nSPS) is 12.0. The van der Waals surface area contributed by atoms with Gasteiger partial charge in [0.25, 0.3) is 5.88 Å². The highest BCUT2D eigenvalue weighted by molar-refractivity contribution is 7.88. The molecule has 2 aromatic carbocycles. The number of alkyl halides is 3. The summed E-state index contributed by atoms with van der Waals surface area (Å²) in [6, 6.07) is 12.7. The molecule has 164 valence electrons. The monoisotopic (exact) mass is 455 g/mol. The molecular weight excluding hydrogens is 439 g/mol. The van der Waals surface area contributed by atoms with Crippen LogP contribution in [-0.2, 0) is 16.5 Å². The van der Waals surface area contributed by atoms with Gasteiger partial charge in [-0.05, 0) is 30.2 Å². The maximum Gasteiger partial charge on any atom is 0.534 e. The molecule has 0 radical (unpaired) electrons. The molecule has 0 aliphatic rings. The predicted octanol–water partition coefficient (Wildman–Crippen LogP) is 3.24. The van der Waals surface area contributed by atoms with E-state index in [0.29, 0.717) is 6.42 Å². The van der Waals surface area contributed by atoms with Crippen molar-refractivity contribution in [3.05, 3.63) is 59.7 Å². The molecule has 0 atom stereocenters. The minimum absolute atomic E-state index is 0.0300. The third-order valence-electron chi connectivity index (χ3n) is 4.27. The number of anilines is 1. The lowest BCUT2D eigenvalue weighted by Gasteiger charge is -2.21. The van der Waals surface area contributed by atoms with Crippen LogP contribution in [0.3, 0.4) is 0 Å². The first-order valence-corrected chi connectivity index (χ1v) is 10.2. The van der Waals surface area contributed by atoms with Gasteiger partial charge in [0, 0.05) is 13.6 Å². The van der Waals surface area contributed by atoms with Crippen molar-refractivity contribution in [1.82, 2.24) is 9.97 Å². The summed E-state index contributed by atoms with van der Waals surface area (Å²) in [6.07, 6.45) is 0.470. The van der Waals surface area contributed by atoms with E-state index in [9.17, 15) is 26.4 Å². The maximum atomic E-state index is 12.8. The number of hydrogen-bond acceptors (Lipinski definition) is 7. The molecule has 1 aromatic heterocycles. The van der Waals surface area contributed by atoms with E-state index in [1.807, 2.05) is 30.3 Å². The van der Waals surface area contributed by atoms with Crippen LogP contribution in [0.1, 0.15) is 15.9 Å². The molecule has 0 aliphatic heterocycles. The van der Waals surface area contributed by atoms with Gasteiger partial charge in [-0.3, -0.25) is 0 Å². The van der Waals surface area contributed by atoms with Gasteiger partial charge in [0.15, 0.2) is 5.82 Å². The third kappa shape index (κ3) is 5.02. The van der Waals surface area contributed by atoms with Crippen LogP contribution in [-0.4, -0.2) is 48.6 Å². The fourth-order valence-electron chi connectivity index (χ4n) is 2.66. The van der Waals surface area contributed by atoms with Crippen LogP contribution in [0, 0.1) is 0 Å². The Hall–Kier alpha value is -3.41. The number of aromatic nitrogens is 2. The van der Waals surface area contributed by atoms with Gasteiger partial charge in [-0.25, -0.2) is 14.8 Å². The molecule has 1 heterocycles. The molecule has 31 heavy (non-hydrogen) atoms. The second-order valence-electron chi connectivity index (χ2n) is 6.50. The van der Waals surface area contributed by atoms with E-state index in [2.05, 4.69) is 14.2 Å². The standard InChI is InChI=1S/C19H16F3N3O5S/c1-25(10-9-12-5-3-2-4-6-12)16-17(30-31(28,29)19(20,21)22)24-14-8-7-13(18(26)27)11-15(14)23-16/h2-8,11H,9-10H2,1H3,(H,26,27). The Morgan fingerprint density at radius 3 is 2.39 bits per heavy atom. The Kier molecular flexibility index (Phi) is 6.02. The van der Waals surface area contributed by atoms with Crippen molar-refractivity contribution in [3.8, 4) is 5.88 Å². The zero-order valence-electron chi connectivity index (χ0n) is 16.0. The maximum absolute atomic E-state index is 12.8. The summed E-state index contributed by atoms with van der Waals surface area (Å²) in [5.41, 5.74) is -4.81. The first-order valence-electron chi connectivity index (χ1n) is 8.79. The molecule has 0 spiro atoms. The van der Waals surface area contributed by atoms with E-state index in [1.165, 1.54) is 30.1 Å². The highest BCUT2D eigenvalue weighted by Crippen LogP contribution is 2.32. The summed E-state index contributed by atoms with van der Waals surface area (Å²) in [7, 11) is -4.51. The molecule has 3 rings (SSSR count). The largest absolute Gasteiger partial charge is 0.534 e. The van der Waals surface area contributed by atoms with Gasteiger partial charge in [-0.1, -0.05) is 30.3 Å². The predicted molar refractivity (Wildman–Crippen MR) is 106 cm³/mol. The van der Waals surface area contributed by atoms with Crippen LogP contribution in [0.4, 0.5) is 19.0 Å². The highest BCUT2D eigenvalue weighted by atomic mass is 32.2. The van der Waals surface area contributed by atoms with Crippen molar-refractivity contribution >= 4 is 32.9 Å². The van der Waals surface area contributed by atoms with Gasteiger partial charge in [0.1, 0.15) is 0 Å². The Labute approximate surface area is 175 Å². The molecular formula is C19H16F3N3O5S. The van der Waals surface area contributed by atoms with E-state index in [-0.39, 0.29) is 29.0 Å². The molecule has 0 unspecified atom stereocenters. The van der Waals surface area contributed by atoms with E-state index in [0.717, 1.165) is 5.56 Å². The van der Waals surface area contributed by atoms with Crippen LogP contribution < -0.4 is 9.08 Å². The number of halogens is 3. The first-order chi connectivity index (χ1) is 14.5. The molecule has 0 aliphatic carbocycles. The molecule has 0 saturated carbocycles. The van der Waals surface area contributed by atoms with Crippen LogP contribution >= 0.6 is 0 Å². The first kappa shape index (κ1) is 22.3. The molecule has 8 nitrogen and oxygen atoms in total. The number of aromatic carboxylic acids is 1. The van der Waals surface area contributed by atoms with Crippen molar-refractivity contribution in [2.24, 2.45) is 0 Å². The van der Waals surface area contributed by atoms with Crippen molar-refractivity contribution < 1.29 is 35.7 Å². The van der Waals surface area contributed by atoms with Crippen LogP contribution in [0.2, 0.25) is 0 Å². The quantitative estimate of drug-likeness (QED) is 0.427.